The molecule has 3 aromatic carbocycles. The smallest absolute Gasteiger partial charge is 0.317 e. The highest BCUT2D eigenvalue weighted by molar-refractivity contribution is 6.26. The zero-order chi connectivity index (χ0) is 23.3. The first-order chi connectivity index (χ1) is 17.1. The van der Waals surface area contributed by atoms with Gasteiger partial charge in [0.15, 0.2) is 5.72 Å². The van der Waals surface area contributed by atoms with Gasteiger partial charge >= 0.3 is 5.97 Å². The minimum Gasteiger partial charge on any atom is -0.468 e. The van der Waals surface area contributed by atoms with Crippen LogP contribution in [0.4, 0.5) is 0 Å². The van der Waals surface area contributed by atoms with Crippen molar-refractivity contribution in [1.82, 2.24) is 14.5 Å². The lowest BCUT2D eigenvalue weighted by Crippen LogP contribution is -2.28. The van der Waals surface area contributed by atoms with E-state index in [9.17, 15) is 4.79 Å². The summed E-state index contributed by atoms with van der Waals surface area (Å²) in [4.78, 5) is 13.3. The molecule has 5 aromatic rings. The summed E-state index contributed by atoms with van der Waals surface area (Å²) < 4.78 is 23.0. The molecular formula is C28H23N3O4. The molecule has 2 bridgehead atoms. The van der Waals surface area contributed by atoms with Gasteiger partial charge in [0.25, 0.3) is 0 Å². The van der Waals surface area contributed by atoms with E-state index in [0.717, 1.165) is 23.1 Å². The number of carbonyl (C=O) groups is 1. The van der Waals surface area contributed by atoms with Gasteiger partial charge in [-0.15, -0.1) is 0 Å². The molecule has 1 spiro atoms. The number of benzene rings is 3. The van der Waals surface area contributed by atoms with Crippen LogP contribution in [0.3, 0.4) is 0 Å². The first kappa shape index (κ1) is 18.9. The third-order valence-electron chi connectivity index (χ3n) is 9.11. The van der Waals surface area contributed by atoms with Crippen LogP contribution < -0.4 is 5.32 Å². The number of nitrogens with zero attached hydrogens (tertiary/aromatic N) is 2. The third-order valence-corrected chi connectivity index (χ3v) is 9.11. The molecule has 9 rings (SSSR count). The summed E-state index contributed by atoms with van der Waals surface area (Å²) in [6.45, 7) is 0.729. The predicted octanol–water partition coefficient (Wildman–Crippen LogP) is 4.80. The van der Waals surface area contributed by atoms with Crippen LogP contribution in [-0.2, 0) is 31.3 Å². The Balaban J connectivity index is 1.60. The van der Waals surface area contributed by atoms with Crippen LogP contribution in [0.25, 0.3) is 43.6 Å². The van der Waals surface area contributed by atoms with Crippen LogP contribution in [0.2, 0.25) is 0 Å². The number of carbonyl (C=O) groups excluding carboxylic acids is 1. The van der Waals surface area contributed by atoms with Crippen molar-refractivity contribution in [3.05, 3.63) is 59.7 Å². The quantitative estimate of drug-likeness (QED) is 0.380. The molecule has 3 unspecified atom stereocenters. The average Bonchev–Trinajstić information content (AvgIpc) is 3.29. The van der Waals surface area contributed by atoms with Crippen LogP contribution in [0.15, 0.2) is 48.5 Å². The minimum atomic E-state index is -0.736. The Morgan fingerprint density at radius 2 is 1.77 bits per heavy atom. The van der Waals surface area contributed by atoms with Crippen LogP contribution in [0.1, 0.15) is 36.4 Å². The van der Waals surface area contributed by atoms with Crippen molar-refractivity contribution < 1.29 is 19.0 Å². The van der Waals surface area contributed by atoms with E-state index in [4.69, 9.17) is 14.2 Å². The highest BCUT2D eigenvalue weighted by Gasteiger charge is 2.82. The van der Waals surface area contributed by atoms with Crippen molar-refractivity contribution in [1.29, 1.82) is 0 Å². The second kappa shape index (κ2) is 5.70. The molecule has 2 aromatic heterocycles. The molecule has 1 N–H and O–H groups in total. The number of esters is 1. The minimum absolute atomic E-state index is 0.176. The number of methoxy groups -OCH3 is 2. The molecular weight excluding hydrogens is 442 g/mol. The lowest BCUT2D eigenvalue weighted by Gasteiger charge is -2.20. The Morgan fingerprint density at radius 1 is 1.03 bits per heavy atom. The van der Waals surface area contributed by atoms with Gasteiger partial charge in [-0.2, -0.15) is 0 Å². The van der Waals surface area contributed by atoms with Crippen LogP contribution in [-0.4, -0.2) is 29.3 Å². The first-order valence-electron chi connectivity index (χ1n) is 12.2. The molecule has 0 radical (unpaired) electrons. The second-order valence-electron chi connectivity index (χ2n) is 10.4. The van der Waals surface area contributed by atoms with E-state index in [1.54, 1.807) is 7.11 Å². The van der Waals surface area contributed by atoms with Gasteiger partial charge < -0.3 is 23.3 Å². The molecule has 1 saturated carbocycles. The molecule has 7 heteroatoms. The van der Waals surface area contributed by atoms with Gasteiger partial charge in [-0.3, -0.25) is 10.1 Å². The second-order valence-corrected chi connectivity index (χ2v) is 10.4. The van der Waals surface area contributed by atoms with Gasteiger partial charge in [-0.1, -0.05) is 36.4 Å². The van der Waals surface area contributed by atoms with Crippen LogP contribution in [0.5, 0.6) is 0 Å². The normalized spacial score (nSPS) is 29.9. The number of aromatic nitrogens is 2. The molecule has 7 nitrogen and oxygen atoms in total. The number of hydrogen-bond acceptors (Lipinski definition) is 5. The first-order valence-corrected chi connectivity index (χ1v) is 12.2. The molecule has 1 saturated heterocycles. The van der Waals surface area contributed by atoms with E-state index in [1.807, 2.05) is 0 Å². The zero-order valence-corrected chi connectivity index (χ0v) is 19.4. The molecule has 2 fully saturated rings. The number of para-hydroxylation sites is 2. The highest BCUT2D eigenvalue weighted by atomic mass is 16.6. The molecule has 3 aliphatic heterocycles. The Hall–Kier alpha value is -3.39. The molecule has 5 heterocycles. The van der Waals surface area contributed by atoms with Gasteiger partial charge in [0.2, 0.25) is 0 Å². The van der Waals surface area contributed by atoms with E-state index in [2.05, 4.69) is 63.0 Å². The SMILES string of the molecule is COC(=O)[C@@]12CC3OC1(C2)n1c2ccccc2c2c4c(c5c6ccccc6n3c5c21)C(OC)NC4. The van der Waals surface area contributed by atoms with Gasteiger partial charge in [0, 0.05) is 53.6 Å². The predicted molar refractivity (Wildman–Crippen MR) is 131 cm³/mol. The van der Waals surface area contributed by atoms with Gasteiger partial charge in [-0.05, 0) is 17.7 Å². The van der Waals surface area contributed by atoms with Gasteiger partial charge in [-0.25, -0.2) is 0 Å². The molecule has 4 aliphatic rings. The van der Waals surface area contributed by atoms with E-state index in [0.29, 0.717) is 12.8 Å². The molecule has 1 aliphatic carbocycles. The number of rotatable bonds is 2. The zero-order valence-electron chi connectivity index (χ0n) is 19.4. The maximum atomic E-state index is 13.3. The molecule has 35 heavy (non-hydrogen) atoms. The van der Waals surface area contributed by atoms with E-state index in [-0.39, 0.29) is 18.4 Å². The standard InChI is InChI=1S/C28H23N3O4/c1-33-25-22-16(12-29-25)20-15-8-4-6-10-18(15)31-24(20)23-21(22)14-7-3-5-9-17(14)30(23)19-11-27(26(32)34-2)13-28(27,31)35-19/h3-10,19,25,29H,11-13H2,1-2H3/t19?,25?,27-,28?/m0/s1. The fourth-order valence-corrected chi connectivity index (χ4v) is 7.79. The Bertz CT molecular complexity index is 1820. The summed E-state index contributed by atoms with van der Waals surface area (Å²) in [5.74, 6) is -0.177. The lowest BCUT2D eigenvalue weighted by molar-refractivity contribution is -0.149. The summed E-state index contributed by atoms with van der Waals surface area (Å²) >= 11 is 0. The van der Waals surface area contributed by atoms with Crippen molar-refractivity contribution in [3.8, 4) is 0 Å². The molecule has 4 atom stereocenters. The summed E-state index contributed by atoms with van der Waals surface area (Å²) in [7, 11) is 3.26. The maximum absolute atomic E-state index is 13.3. The van der Waals surface area contributed by atoms with Crippen molar-refractivity contribution in [3.63, 3.8) is 0 Å². The molecule has 174 valence electrons. The van der Waals surface area contributed by atoms with Crippen molar-refractivity contribution in [2.45, 2.75) is 37.6 Å². The number of nitrogens with one attached hydrogen (secondary N) is 1. The number of ether oxygens (including phenoxy) is 3. The lowest BCUT2D eigenvalue weighted by atomic mass is 9.96. The van der Waals surface area contributed by atoms with Gasteiger partial charge in [0.1, 0.15) is 17.9 Å². The Kier molecular flexibility index (Phi) is 3.07. The number of fused-ring (bicyclic) bond motifs is 11. The maximum Gasteiger partial charge on any atom is 0.317 e. The third kappa shape index (κ3) is 1.78. The van der Waals surface area contributed by atoms with E-state index < -0.39 is 11.1 Å². The fourth-order valence-electron chi connectivity index (χ4n) is 7.79. The Morgan fingerprint density at radius 3 is 2.54 bits per heavy atom. The van der Waals surface area contributed by atoms with Crippen molar-refractivity contribution >= 4 is 49.6 Å². The summed E-state index contributed by atoms with van der Waals surface area (Å²) in [5, 5.41) is 8.42. The summed E-state index contributed by atoms with van der Waals surface area (Å²) in [6, 6.07) is 17.1. The fraction of sp³-hybridized carbons (Fsp3) is 0.321. The van der Waals surface area contributed by atoms with E-state index in [1.165, 1.54) is 45.3 Å². The van der Waals surface area contributed by atoms with Gasteiger partial charge in [0.05, 0.1) is 29.2 Å². The number of hydrogen-bond donors (Lipinski definition) is 1. The highest BCUT2D eigenvalue weighted by Crippen LogP contribution is 2.75. The van der Waals surface area contributed by atoms with E-state index >= 15 is 0 Å². The topological polar surface area (TPSA) is 66.7 Å². The van der Waals surface area contributed by atoms with Crippen molar-refractivity contribution in [2.24, 2.45) is 5.41 Å². The summed E-state index contributed by atoms with van der Waals surface area (Å²) in [6.07, 6.45) is 0.812. The van der Waals surface area contributed by atoms with Crippen LogP contribution >= 0.6 is 0 Å². The monoisotopic (exact) mass is 465 g/mol. The van der Waals surface area contributed by atoms with Crippen molar-refractivity contribution in [2.75, 3.05) is 14.2 Å². The largest absolute Gasteiger partial charge is 0.468 e. The molecule has 0 amide bonds. The Labute approximate surface area is 200 Å². The van der Waals surface area contributed by atoms with Crippen LogP contribution in [0, 0.1) is 5.41 Å². The summed E-state index contributed by atoms with van der Waals surface area (Å²) in [5.41, 5.74) is 5.64. The average molecular weight is 466 g/mol.